The summed E-state index contributed by atoms with van der Waals surface area (Å²) >= 11 is 0. The fraction of sp³-hybridized carbons (Fsp3) is 0.533. The second-order valence-corrected chi connectivity index (χ2v) is 10.0. The molecular weight excluding hydrogens is 352 g/mol. The van der Waals surface area contributed by atoms with Crippen molar-refractivity contribution in [2.75, 3.05) is 25.6 Å². The Labute approximate surface area is 143 Å². The molecule has 0 bridgehead atoms. The average molecular weight is 374 g/mol. The smallest absolute Gasteiger partial charge is 0.240 e. The Morgan fingerprint density at radius 2 is 1.92 bits per heavy atom. The van der Waals surface area contributed by atoms with Gasteiger partial charge in [0.15, 0.2) is 9.84 Å². The minimum absolute atomic E-state index is 0.0335. The Hall–Kier alpha value is -1.45. The van der Waals surface area contributed by atoms with Gasteiger partial charge in [-0.2, -0.15) is 0 Å². The number of rotatable bonds is 6. The zero-order valence-corrected chi connectivity index (χ0v) is 15.4. The minimum atomic E-state index is -3.46. The molecule has 1 aromatic carbocycles. The van der Waals surface area contributed by atoms with E-state index in [1.54, 1.807) is 19.2 Å². The quantitative estimate of drug-likeness (QED) is 0.765. The lowest BCUT2D eigenvalue weighted by Gasteiger charge is -2.23. The largest absolute Gasteiger partial charge is 0.342 e. The fourth-order valence-electron chi connectivity index (χ4n) is 2.67. The van der Waals surface area contributed by atoms with Gasteiger partial charge in [-0.1, -0.05) is 12.1 Å². The van der Waals surface area contributed by atoms with Gasteiger partial charge in [0.25, 0.3) is 0 Å². The molecule has 1 aromatic rings. The van der Waals surface area contributed by atoms with Crippen molar-refractivity contribution in [3.05, 3.63) is 29.8 Å². The zero-order valence-electron chi connectivity index (χ0n) is 13.7. The molecule has 1 amide bonds. The number of hydrogen-bond donors (Lipinski definition) is 1. The molecule has 24 heavy (non-hydrogen) atoms. The molecule has 134 valence electrons. The van der Waals surface area contributed by atoms with Gasteiger partial charge in [-0.25, -0.2) is 21.6 Å². The summed E-state index contributed by atoms with van der Waals surface area (Å²) in [4.78, 5) is 13.9. The highest BCUT2D eigenvalue weighted by atomic mass is 32.2. The summed E-state index contributed by atoms with van der Waals surface area (Å²) in [5.41, 5.74) is 0.853. The lowest BCUT2D eigenvalue weighted by molar-refractivity contribution is -0.131. The van der Waals surface area contributed by atoms with Crippen LogP contribution in [-0.4, -0.2) is 59.3 Å². The molecule has 1 fully saturated rings. The number of sulfone groups is 1. The van der Waals surface area contributed by atoms with Crippen LogP contribution in [0.1, 0.15) is 18.4 Å². The Morgan fingerprint density at radius 3 is 2.42 bits per heavy atom. The van der Waals surface area contributed by atoms with Gasteiger partial charge in [-0.3, -0.25) is 4.79 Å². The number of aryl methyl sites for hydroxylation is 1. The first-order chi connectivity index (χ1) is 11.1. The van der Waals surface area contributed by atoms with Crippen LogP contribution in [0.2, 0.25) is 0 Å². The highest BCUT2D eigenvalue weighted by Gasteiger charge is 2.32. The Morgan fingerprint density at radius 1 is 1.29 bits per heavy atom. The SMILES string of the molecule is CNS(=O)(=O)c1ccc(CCC(=O)N(C)[C@@H]2CCS(=O)(=O)C2)cc1. The van der Waals surface area contributed by atoms with Crippen molar-refractivity contribution in [1.29, 1.82) is 0 Å². The molecule has 1 aliphatic rings. The summed E-state index contributed by atoms with van der Waals surface area (Å²) in [6.45, 7) is 0. The number of nitrogens with zero attached hydrogens (tertiary/aromatic N) is 1. The summed E-state index contributed by atoms with van der Waals surface area (Å²) in [7, 11) is -3.50. The predicted octanol–water partition coefficient (Wildman–Crippen LogP) is 0.173. The third-order valence-electron chi connectivity index (χ3n) is 4.28. The summed E-state index contributed by atoms with van der Waals surface area (Å²) in [6.07, 6.45) is 1.22. The molecule has 1 atom stereocenters. The molecule has 0 aromatic heterocycles. The van der Waals surface area contributed by atoms with Crippen LogP contribution in [0.3, 0.4) is 0 Å². The standard InChI is InChI=1S/C15H22N2O5S2/c1-16-24(21,22)14-6-3-12(4-7-14)5-8-15(18)17(2)13-9-10-23(19,20)11-13/h3-4,6-7,13,16H,5,8-11H2,1-2H3/t13-/m1/s1. The zero-order chi connectivity index (χ0) is 18.0. The van der Waals surface area contributed by atoms with Crippen LogP contribution in [0, 0.1) is 0 Å². The topological polar surface area (TPSA) is 101 Å². The van der Waals surface area contributed by atoms with Gasteiger partial charge in [-0.15, -0.1) is 0 Å². The third kappa shape index (κ3) is 4.55. The van der Waals surface area contributed by atoms with Crippen molar-refractivity contribution in [3.8, 4) is 0 Å². The maximum absolute atomic E-state index is 12.2. The van der Waals surface area contributed by atoms with Gasteiger partial charge in [-0.05, 0) is 37.6 Å². The lowest BCUT2D eigenvalue weighted by atomic mass is 10.1. The number of carbonyl (C=O) groups is 1. The van der Waals surface area contributed by atoms with Crippen LogP contribution in [-0.2, 0) is 31.1 Å². The monoisotopic (exact) mass is 374 g/mol. The summed E-state index contributed by atoms with van der Waals surface area (Å²) in [5, 5.41) is 0. The number of hydrogen-bond acceptors (Lipinski definition) is 5. The van der Waals surface area contributed by atoms with Gasteiger partial charge in [0, 0.05) is 19.5 Å². The van der Waals surface area contributed by atoms with Crippen LogP contribution in [0.5, 0.6) is 0 Å². The van der Waals surface area contributed by atoms with E-state index in [4.69, 9.17) is 0 Å². The maximum Gasteiger partial charge on any atom is 0.240 e. The Balaban J connectivity index is 1.92. The first-order valence-corrected chi connectivity index (χ1v) is 10.9. The van der Waals surface area contributed by atoms with Crippen molar-refractivity contribution in [3.63, 3.8) is 0 Å². The van der Waals surface area contributed by atoms with Crippen molar-refractivity contribution < 1.29 is 21.6 Å². The van der Waals surface area contributed by atoms with Crippen molar-refractivity contribution in [1.82, 2.24) is 9.62 Å². The van der Waals surface area contributed by atoms with Gasteiger partial charge in [0.05, 0.1) is 16.4 Å². The van der Waals surface area contributed by atoms with E-state index in [1.807, 2.05) is 0 Å². The fourth-order valence-corrected chi connectivity index (χ4v) is 5.17. The van der Waals surface area contributed by atoms with Crippen LogP contribution < -0.4 is 4.72 Å². The summed E-state index contributed by atoms with van der Waals surface area (Å²) in [5.74, 6) is 0.0618. The molecule has 1 aliphatic heterocycles. The second kappa shape index (κ2) is 7.20. The summed E-state index contributed by atoms with van der Waals surface area (Å²) in [6, 6.07) is 6.11. The van der Waals surface area contributed by atoms with Gasteiger partial charge in [0.1, 0.15) is 0 Å². The maximum atomic E-state index is 12.2. The number of amides is 1. The number of sulfonamides is 1. The van der Waals surface area contributed by atoms with E-state index in [0.29, 0.717) is 12.8 Å². The third-order valence-corrected chi connectivity index (χ3v) is 7.46. The van der Waals surface area contributed by atoms with Crippen LogP contribution >= 0.6 is 0 Å². The lowest BCUT2D eigenvalue weighted by Crippen LogP contribution is -2.37. The van der Waals surface area contributed by atoms with E-state index in [9.17, 15) is 21.6 Å². The van der Waals surface area contributed by atoms with E-state index in [0.717, 1.165) is 5.56 Å². The van der Waals surface area contributed by atoms with E-state index in [2.05, 4.69) is 4.72 Å². The Kier molecular flexibility index (Phi) is 5.67. The molecule has 1 N–H and O–H groups in total. The predicted molar refractivity (Wildman–Crippen MR) is 90.8 cm³/mol. The average Bonchev–Trinajstić information content (AvgIpc) is 2.92. The van der Waals surface area contributed by atoms with E-state index in [-0.39, 0.29) is 34.8 Å². The van der Waals surface area contributed by atoms with Gasteiger partial charge >= 0.3 is 0 Å². The first kappa shape index (κ1) is 18.9. The minimum Gasteiger partial charge on any atom is -0.342 e. The number of benzene rings is 1. The molecule has 0 unspecified atom stereocenters. The van der Waals surface area contributed by atoms with Gasteiger partial charge < -0.3 is 4.90 Å². The molecule has 0 radical (unpaired) electrons. The molecule has 0 saturated carbocycles. The molecule has 9 heteroatoms. The molecule has 2 rings (SSSR count). The van der Waals surface area contributed by atoms with Crippen LogP contribution in [0.25, 0.3) is 0 Å². The number of carbonyl (C=O) groups excluding carboxylic acids is 1. The molecular formula is C15H22N2O5S2. The number of nitrogens with one attached hydrogen (secondary N) is 1. The Bertz CT molecular complexity index is 801. The van der Waals surface area contributed by atoms with Crippen molar-refractivity contribution in [2.45, 2.75) is 30.2 Å². The van der Waals surface area contributed by atoms with Crippen LogP contribution in [0.4, 0.5) is 0 Å². The highest BCUT2D eigenvalue weighted by Crippen LogP contribution is 2.18. The summed E-state index contributed by atoms with van der Waals surface area (Å²) < 4.78 is 48.5. The molecule has 1 heterocycles. The second-order valence-electron chi connectivity index (χ2n) is 5.91. The normalized spacial score (nSPS) is 20.0. The van der Waals surface area contributed by atoms with Crippen molar-refractivity contribution in [2.24, 2.45) is 0 Å². The van der Waals surface area contributed by atoms with E-state index < -0.39 is 19.9 Å². The van der Waals surface area contributed by atoms with E-state index in [1.165, 1.54) is 24.1 Å². The van der Waals surface area contributed by atoms with E-state index >= 15 is 0 Å². The van der Waals surface area contributed by atoms with Crippen molar-refractivity contribution >= 4 is 25.8 Å². The van der Waals surface area contributed by atoms with Gasteiger partial charge in [0.2, 0.25) is 15.9 Å². The molecule has 7 nitrogen and oxygen atoms in total. The molecule has 1 saturated heterocycles. The highest BCUT2D eigenvalue weighted by molar-refractivity contribution is 7.91. The van der Waals surface area contributed by atoms with Crippen LogP contribution in [0.15, 0.2) is 29.2 Å². The first-order valence-electron chi connectivity index (χ1n) is 7.63. The molecule has 0 aliphatic carbocycles. The molecule has 0 spiro atoms.